The lowest BCUT2D eigenvalue weighted by molar-refractivity contribution is 0.112. The molecule has 1 saturated heterocycles. The van der Waals surface area contributed by atoms with E-state index in [1.807, 2.05) is 6.07 Å². The summed E-state index contributed by atoms with van der Waals surface area (Å²) >= 11 is 1.60. The second-order valence-electron chi connectivity index (χ2n) is 3.34. The summed E-state index contributed by atoms with van der Waals surface area (Å²) in [6.07, 6.45) is 4.85. The van der Waals surface area contributed by atoms with E-state index in [2.05, 4.69) is 11.0 Å². The first-order valence-corrected chi connectivity index (χ1v) is 5.52. The van der Waals surface area contributed by atoms with Crippen LogP contribution in [0.5, 0.6) is 0 Å². The van der Waals surface area contributed by atoms with E-state index in [1.165, 1.54) is 24.3 Å². The highest BCUT2D eigenvalue weighted by atomic mass is 32.1. The molecule has 0 spiro atoms. The summed E-state index contributed by atoms with van der Waals surface area (Å²) in [5.41, 5.74) is 0. The Morgan fingerprint density at radius 3 is 2.62 bits per heavy atom. The quantitative estimate of drug-likeness (QED) is 0.676. The zero-order valence-corrected chi connectivity index (χ0v) is 8.35. The molecule has 70 valence electrons. The van der Waals surface area contributed by atoms with Gasteiger partial charge in [0.1, 0.15) is 0 Å². The molecule has 0 aromatic carbocycles. The molecule has 0 bridgehead atoms. The minimum Gasteiger partial charge on any atom is -0.363 e. The molecular weight excluding hydrogens is 182 g/mol. The number of thiophene rings is 1. The lowest BCUT2D eigenvalue weighted by Crippen LogP contribution is -2.28. The van der Waals surface area contributed by atoms with Crippen molar-refractivity contribution >= 4 is 22.6 Å². The molecule has 0 aliphatic carbocycles. The Balaban J connectivity index is 2.09. The molecule has 13 heavy (non-hydrogen) atoms. The molecule has 0 atom stereocenters. The van der Waals surface area contributed by atoms with Gasteiger partial charge in [-0.2, -0.15) is 0 Å². The van der Waals surface area contributed by atoms with Crippen LogP contribution in [0.1, 0.15) is 28.9 Å². The van der Waals surface area contributed by atoms with Crippen LogP contribution >= 0.6 is 11.3 Å². The average molecular weight is 195 g/mol. The second kappa shape index (κ2) is 3.92. The van der Waals surface area contributed by atoms with Gasteiger partial charge in [-0.1, -0.05) is 0 Å². The third-order valence-electron chi connectivity index (χ3n) is 2.40. The van der Waals surface area contributed by atoms with Crippen LogP contribution in [0.4, 0.5) is 5.00 Å². The van der Waals surface area contributed by atoms with Gasteiger partial charge in [0, 0.05) is 13.1 Å². The Labute approximate surface area is 82.2 Å². The summed E-state index contributed by atoms with van der Waals surface area (Å²) in [6.45, 7) is 2.30. The van der Waals surface area contributed by atoms with Crippen LogP contribution in [-0.4, -0.2) is 19.4 Å². The zero-order valence-electron chi connectivity index (χ0n) is 7.53. The van der Waals surface area contributed by atoms with Crippen molar-refractivity contribution in [2.45, 2.75) is 19.3 Å². The van der Waals surface area contributed by atoms with Gasteiger partial charge in [-0.05, 0) is 31.4 Å². The normalized spacial score (nSPS) is 17.4. The third-order valence-corrected chi connectivity index (χ3v) is 3.47. The number of carbonyl (C=O) groups is 1. The Morgan fingerprint density at radius 2 is 2.00 bits per heavy atom. The lowest BCUT2D eigenvalue weighted by Gasteiger charge is -2.26. The van der Waals surface area contributed by atoms with Crippen LogP contribution in [0.25, 0.3) is 0 Å². The molecule has 0 N–H and O–H groups in total. The van der Waals surface area contributed by atoms with Crippen molar-refractivity contribution in [1.29, 1.82) is 0 Å². The highest BCUT2D eigenvalue weighted by molar-refractivity contribution is 7.17. The van der Waals surface area contributed by atoms with Gasteiger partial charge < -0.3 is 4.90 Å². The summed E-state index contributed by atoms with van der Waals surface area (Å²) in [7, 11) is 0. The molecule has 1 aliphatic rings. The van der Waals surface area contributed by atoms with Gasteiger partial charge in [0.15, 0.2) is 6.29 Å². The first kappa shape index (κ1) is 8.75. The fraction of sp³-hybridized carbons (Fsp3) is 0.500. The van der Waals surface area contributed by atoms with Crippen LogP contribution in [0.15, 0.2) is 12.1 Å². The van der Waals surface area contributed by atoms with Gasteiger partial charge in [0.05, 0.1) is 9.88 Å². The number of carbonyl (C=O) groups excluding carboxylic acids is 1. The molecule has 0 amide bonds. The van der Waals surface area contributed by atoms with Gasteiger partial charge >= 0.3 is 0 Å². The zero-order chi connectivity index (χ0) is 9.10. The van der Waals surface area contributed by atoms with Crippen LogP contribution < -0.4 is 4.90 Å². The minimum atomic E-state index is 0.834. The van der Waals surface area contributed by atoms with Crippen molar-refractivity contribution in [1.82, 2.24) is 0 Å². The molecule has 1 aromatic heterocycles. The summed E-state index contributed by atoms with van der Waals surface area (Å²) in [6, 6.07) is 3.96. The fourth-order valence-corrected chi connectivity index (χ4v) is 2.56. The molecule has 0 radical (unpaired) electrons. The van der Waals surface area contributed by atoms with E-state index in [9.17, 15) is 4.79 Å². The predicted molar refractivity (Wildman–Crippen MR) is 55.8 cm³/mol. The van der Waals surface area contributed by atoms with Gasteiger partial charge in [0.25, 0.3) is 0 Å². The maximum absolute atomic E-state index is 10.5. The Hall–Kier alpha value is -0.830. The minimum absolute atomic E-state index is 0.834. The van der Waals surface area contributed by atoms with E-state index >= 15 is 0 Å². The summed E-state index contributed by atoms with van der Waals surface area (Å²) in [4.78, 5) is 13.7. The van der Waals surface area contributed by atoms with E-state index in [-0.39, 0.29) is 0 Å². The van der Waals surface area contributed by atoms with Gasteiger partial charge in [-0.25, -0.2) is 0 Å². The Kier molecular flexibility index (Phi) is 2.64. The van der Waals surface area contributed by atoms with E-state index in [0.717, 1.165) is 24.3 Å². The molecule has 0 saturated carbocycles. The molecule has 0 unspecified atom stereocenters. The fourth-order valence-electron chi connectivity index (χ4n) is 1.69. The number of anilines is 1. The molecule has 2 rings (SSSR count). The lowest BCUT2D eigenvalue weighted by atomic mass is 10.1. The van der Waals surface area contributed by atoms with E-state index < -0.39 is 0 Å². The summed E-state index contributed by atoms with van der Waals surface area (Å²) < 4.78 is 0. The molecule has 2 heterocycles. The maximum atomic E-state index is 10.5. The molecule has 1 fully saturated rings. The number of hydrogen-bond donors (Lipinski definition) is 0. The molecule has 1 aliphatic heterocycles. The van der Waals surface area contributed by atoms with Gasteiger partial charge in [0.2, 0.25) is 0 Å². The first-order chi connectivity index (χ1) is 6.40. The number of rotatable bonds is 2. The Morgan fingerprint density at radius 1 is 1.23 bits per heavy atom. The molecule has 2 nitrogen and oxygen atoms in total. The predicted octanol–water partition coefficient (Wildman–Crippen LogP) is 2.55. The molecule has 3 heteroatoms. The van der Waals surface area contributed by atoms with E-state index in [0.29, 0.717) is 0 Å². The SMILES string of the molecule is O=Cc1ccc(N2CCCCC2)s1. The van der Waals surface area contributed by atoms with Crippen molar-refractivity contribution < 1.29 is 4.79 Å². The van der Waals surface area contributed by atoms with E-state index in [4.69, 9.17) is 0 Å². The Bertz CT molecular complexity index is 289. The standard InChI is InChI=1S/C10H13NOS/c12-8-9-4-5-10(13-9)11-6-2-1-3-7-11/h4-5,8H,1-3,6-7H2. The number of hydrogen-bond acceptors (Lipinski definition) is 3. The molecule has 1 aromatic rings. The van der Waals surface area contributed by atoms with Gasteiger partial charge in [-0.15, -0.1) is 11.3 Å². The van der Waals surface area contributed by atoms with Crippen LogP contribution in [0, 0.1) is 0 Å². The van der Waals surface area contributed by atoms with Crippen molar-refractivity contribution in [2.75, 3.05) is 18.0 Å². The van der Waals surface area contributed by atoms with Crippen molar-refractivity contribution in [2.24, 2.45) is 0 Å². The monoisotopic (exact) mass is 195 g/mol. The highest BCUT2D eigenvalue weighted by Crippen LogP contribution is 2.27. The van der Waals surface area contributed by atoms with E-state index in [1.54, 1.807) is 11.3 Å². The van der Waals surface area contributed by atoms with Crippen LogP contribution in [0.2, 0.25) is 0 Å². The second-order valence-corrected chi connectivity index (χ2v) is 4.44. The third kappa shape index (κ3) is 1.91. The van der Waals surface area contributed by atoms with Gasteiger partial charge in [-0.3, -0.25) is 4.79 Å². The van der Waals surface area contributed by atoms with Crippen LogP contribution in [0.3, 0.4) is 0 Å². The van der Waals surface area contributed by atoms with Crippen molar-refractivity contribution in [3.05, 3.63) is 17.0 Å². The summed E-state index contributed by atoms with van der Waals surface area (Å²) in [5, 5.41) is 1.25. The maximum Gasteiger partial charge on any atom is 0.160 e. The smallest absolute Gasteiger partial charge is 0.160 e. The highest BCUT2D eigenvalue weighted by Gasteiger charge is 2.12. The number of nitrogens with zero attached hydrogens (tertiary/aromatic N) is 1. The number of aldehydes is 1. The van der Waals surface area contributed by atoms with Crippen LogP contribution in [-0.2, 0) is 0 Å². The topological polar surface area (TPSA) is 20.3 Å². The van der Waals surface area contributed by atoms with Crippen molar-refractivity contribution in [3.63, 3.8) is 0 Å². The summed E-state index contributed by atoms with van der Waals surface area (Å²) in [5.74, 6) is 0. The first-order valence-electron chi connectivity index (χ1n) is 4.70. The largest absolute Gasteiger partial charge is 0.363 e. The number of piperidine rings is 1. The van der Waals surface area contributed by atoms with Crippen molar-refractivity contribution in [3.8, 4) is 0 Å². The average Bonchev–Trinajstić information content (AvgIpc) is 2.67. The molecular formula is C10H13NOS.